The number of carbonyl (C=O) groups excluding carboxylic acids is 1. The van der Waals surface area contributed by atoms with Crippen molar-refractivity contribution in [2.75, 3.05) is 13.2 Å². The molecule has 0 radical (unpaired) electrons. The first kappa shape index (κ1) is 26.0. The number of aromatic nitrogens is 3. The lowest BCUT2D eigenvalue weighted by Gasteiger charge is -2.24. The zero-order valence-corrected chi connectivity index (χ0v) is 21.5. The molecule has 0 N–H and O–H groups in total. The summed E-state index contributed by atoms with van der Waals surface area (Å²) in [4.78, 5) is 25.7. The van der Waals surface area contributed by atoms with E-state index in [1.807, 2.05) is 0 Å². The average Bonchev–Trinajstić information content (AvgIpc) is 3.29. The molecular weight excluding hydrogens is 540 g/mol. The van der Waals surface area contributed by atoms with Gasteiger partial charge in [-0.1, -0.05) is 0 Å². The summed E-state index contributed by atoms with van der Waals surface area (Å²) >= 11 is 3.28. The van der Waals surface area contributed by atoms with Crippen molar-refractivity contribution in [3.63, 3.8) is 0 Å². The number of carbonyl (C=O) groups is 1. The summed E-state index contributed by atoms with van der Waals surface area (Å²) in [6, 6.07) is 6.46. The molecule has 1 saturated heterocycles. The number of halogens is 3. The Morgan fingerprint density at radius 2 is 2.06 bits per heavy atom. The van der Waals surface area contributed by atoms with Crippen LogP contribution in [0.2, 0.25) is 0 Å². The van der Waals surface area contributed by atoms with Gasteiger partial charge in [-0.15, -0.1) is 0 Å². The van der Waals surface area contributed by atoms with Gasteiger partial charge < -0.3 is 18.8 Å². The number of rotatable bonds is 8. The molecule has 1 aliphatic heterocycles. The molecular formula is C25H26BrF2N3O5. The van der Waals surface area contributed by atoms with Crippen molar-refractivity contribution in [2.45, 2.75) is 52.5 Å². The van der Waals surface area contributed by atoms with Crippen LogP contribution in [0.15, 0.2) is 39.6 Å². The minimum absolute atomic E-state index is 0.0995. The minimum Gasteiger partial charge on any atom is -0.487 e. The lowest BCUT2D eigenvalue weighted by molar-refractivity contribution is -0.0419. The van der Waals surface area contributed by atoms with E-state index in [9.17, 15) is 18.4 Å². The van der Waals surface area contributed by atoms with Crippen LogP contribution in [-0.2, 0) is 22.6 Å². The Morgan fingerprint density at radius 3 is 2.75 bits per heavy atom. The maximum Gasteiger partial charge on any atom is 0.356 e. The highest BCUT2D eigenvalue weighted by molar-refractivity contribution is 9.10. The average molecular weight is 566 g/mol. The summed E-state index contributed by atoms with van der Waals surface area (Å²) in [5.41, 5.74) is 1.10. The van der Waals surface area contributed by atoms with Crippen LogP contribution in [-0.4, -0.2) is 33.5 Å². The molecule has 36 heavy (non-hydrogen) atoms. The lowest BCUT2D eigenvalue weighted by Crippen LogP contribution is -2.25. The Bertz CT molecular complexity index is 1320. The third kappa shape index (κ3) is 5.67. The van der Waals surface area contributed by atoms with Gasteiger partial charge >= 0.3 is 5.97 Å². The number of benzene rings is 1. The molecule has 2 aromatic heterocycles. The summed E-state index contributed by atoms with van der Waals surface area (Å²) in [5.74, 6) is -1.69. The highest BCUT2D eigenvalue weighted by Gasteiger charge is 2.25. The Labute approximate surface area is 214 Å². The van der Waals surface area contributed by atoms with Gasteiger partial charge in [0.05, 0.1) is 18.8 Å². The van der Waals surface area contributed by atoms with E-state index in [2.05, 4.69) is 21.0 Å². The molecule has 0 bridgehead atoms. The summed E-state index contributed by atoms with van der Waals surface area (Å²) in [7, 11) is 0. The van der Waals surface area contributed by atoms with Crippen molar-refractivity contribution in [3.05, 3.63) is 79.4 Å². The highest BCUT2D eigenvalue weighted by Crippen LogP contribution is 2.26. The molecule has 1 aromatic carbocycles. The molecule has 4 rings (SSSR count). The fourth-order valence-electron chi connectivity index (χ4n) is 3.99. The third-order valence-corrected chi connectivity index (χ3v) is 6.56. The Kier molecular flexibility index (Phi) is 8.20. The normalized spacial score (nSPS) is 15.6. The number of hydrogen-bond acceptors (Lipinski definition) is 6. The molecule has 1 unspecified atom stereocenters. The van der Waals surface area contributed by atoms with Crippen LogP contribution in [0.4, 0.5) is 8.78 Å². The van der Waals surface area contributed by atoms with E-state index >= 15 is 0 Å². The first-order valence-corrected chi connectivity index (χ1v) is 12.4. The van der Waals surface area contributed by atoms with Crippen molar-refractivity contribution in [3.8, 4) is 5.75 Å². The molecule has 192 valence electrons. The van der Waals surface area contributed by atoms with Crippen molar-refractivity contribution in [1.29, 1.82) is 0 Å². The molecule has 8 nitrogen and oxygen atoms in total. The first-order valence-electron chi connectivity index (χ1n) is 11.6. The second kappa shape index (κ2) is 11.3. The van der Waals surface area contributed by atoms with E-state index in [0.29, 0.717) is 18.0 Å². The molecule has 1 fully saturated rings. The number of esters is 1. The van der Waals surface area contributed by atoms with Crippen LogP contribution in [0.1, 0.15) is 59.9 Å². The van der Waals surface area contributed by atoms with Gasteiger partial charge in [-0.25, -0.2) is 18.3 Å². The fourth-order valence-corrected chi connectivity index (χ4v) is 4.43. The summed E-state index contributed by atoms with van der Waals surface area (Å²) in [6.07, 6.45) is 2.25. The largest absolute Gasteiger partial charge is 0.487 e. The molecule has 1 atom stereocenters. The molecule has 0 saturated carbocycles. The Hall–Kier alpha value is -3.05. The zero-order valence-electron chi connectivity index (χ0n) is 19.9. The number of pyridine rings is 1. The van der Waals surface area contributed by atoms with E-state index in [4.69, 9.17) is 14.2 Å². The van der Waals surface area contributed by atoms with Crippen LogP contribution in [0.5, 0.6) is 5.75 Å². The predicted molar refractivity (Wildman–Crippen MR) is 130 cm³/mol. The second-order valence-corrected chi connectivity index (χ2v) is 9.18. The van der Waals surface area contributed by atoms with Gasteiger partial charge in [0, 0.05) is 30.0 Å². The van der Waals surface area contributed by atoms with Crippen molar-refractivity contribution in [1.82, 2.24) is 14.3 Å². The Morgan fingerprint density at radius 1 is 1.25 bits per heavy atom. The van der Waals surface area contributed by atoms with E-state index < -0.39 is 17.6 Å². The van der Waals surface area contributed by atoms with Crippen LogP contribution < -0.4 is 10.3 Å². The Balaban J connectivity index is 1.59. The van der Waals surface area contributed by atoms with Gasteiger partial charge in [0.25, 0.3) is 5.56 Å². The van der Waals surface area contributed by atoms with Crippen molar-refractivity contribution in [2.24, 2.45) is 0 Å². The summed E-state index contributed by atoms with van der Waals surface area (Å²) in [6.45, 7) is 4.18. The number of hydrogen-bond donors (Lipinski definition) is 0. The van der Waals surface area contributed by atoms with E-state index in [-0.39, 0.29) is 53.0 Å². The van der Waals surface area contributed by atoms with E-state index in [0.717, 1.165) is 31.4 Å². The quantitative estimate of drug-likeness (QED) is 0.361. The molecule has 3 aromatic rings. The zero-order chi connectivity index (χ0) is 25.8. The predicted octanol–water partition coefficient (Wildman–Crippen LogP) is 4.90. The van der Waals surface area contributed by atoms with E-state index in [1.165, 1.54) is 15.3 Å². The maximum atomic E-state index is 13.9. The van der Waals surface area contributed by atoms with Gasteiger partial charge in [0.1, 0.15) is 34.2 Å². The summed E-state index contributed by atoms with van der Waals surface area (Å²) in [5, 5.41) is 4.57. The fraction of sp³-hybridized carbons (Fsp3) is 0.400. The monoisotopic (exact) mass is 565 g/mol. The van der Waals surface area contributed by atoms with Crippen LogP contribution >= 0.6 is 15.9 Å². The van der Waals surface area contributed by atoms with E-state index in [1.54, 1.807) is 26.0 Å². The third-order valence-electron chi connectivity index (χ3n) is 5.83. The van der Waals surface area contributed by atoms with Crippen LogP contribution in [0.25, 0.3) is 0 Å². The molecule has 1 aliphatic rings. The SMILES string of the molecule is CCOC(=O)c1cc(Cn2c(C)cc(OCc3ccc(F)cc3F)c(Br)c2=O)nn1C1CCCCO1. The maximum absolute atomic E-state index is 13.9. The molecule has 0 aliphatic carbocycles. The van der Waals surface area contributed by atoms with Crippen molar-refractivity contribution < 1.29 is 27.8 Å². The number of aryl methyl sites for hydroxylation is 1. The van der Waals surface area contributed by atoms with Crippen LogP contribution in [0, 0.1) is 18.6 Å². The molecule has 0 spiro atoms. The lowest BCUT2D eigenvalue weighted by atomic mass is 10.2. The number of ether oxygens (including phenoxy) is 3. The standard InChI is InChI=1S/C25H26BrF2N3O5/c1-3-34-25(33)20-12-18(29-31(20)22-6-4-5-9-35-22)13-30-15(2)10-21(23(26)24(30)32)36-14-16-7-8-17(27)11-19(16)28/h7-8,10-12,22H,3-6,9,13-14H2,1-2H3. The molecule has 11 heteroatoms. The molecule has 3 heterocycles. The first-order chi connectivity index (χ1) is 17.3. The van der Waals surface area contributed by atoms with Gasteiger partial charge in [-0.3, -0.25) is 4.79 Å². The highest BCUT2D eigenvalue weighted by atomic mass is 79.9. The molecule has 0 amide bonds. The second-order valence-electron chi connectivity index (χ2n) is 8.39. The summed E-state index contributed by atoms with van der Waals surface area (Å²) < 4.78 is 46.9. The van der Waals surface area contributed by atoms with Crippen molar-refractivity contribution >= 4 is 21.9 Å². The van der Waals surface area contributed by atoms with Crippen LogP contribution in [0.3, 0.4) is 0 Å². The van der Waals surface area contributed by atoms with Gasteiger partial charge in [0.15, 0.2) is 6.23 Å². The van der Waals surface area contributed by atoms with Gasteiger partial charge in [-0.05, 0) is 67.2 Å². The topological polar surface area (TPSA) is 84.6 Å². The number of nitrogens with zero attached hydrogens (tertiary/aromatic N) is 3. The van der Waals surface area contributed by atoms with Gasteiger partial charge in [0.2, 0.25) is 0 Å². The minimum atomic E-state index is -0.730. The van der Waals surface area contributed by atoms with Gasteiger partial charge in [-0.2, -0.15) is 5.10 Å². The smallest absolute Gasteiger partial charge is 0.356 e.